The average molecular weight is 283 g/mol. The molecule has 2 rings (SSSR count). The molecule has 0 bridgehead atoms. The van der Waals surface area contributed by atoms with Crippen molar-refractivity contribution in [3.8, 4) is 0 Å². The molecule has 2 heterocycles. The van der Waals surface area contributed by atoms with Crippen molar-refractivity contribution in [2.45, 2.75) is 13.1 Å². The number of anilines is 1. The lowest BCUT2D eigenvalue weighted by atomic mass is 10.4. The molecule has 2 aromatic rings. The van der Waals surface area contributed by atoms with Gasteiger partial charge in [0.1, 0.15) is 0 Å². The Balaban J connectivity index is 2.11. The van der Waals surface area contributed by atoms with E-state index in [2.05, 4.69) is 21.0 Å². The van der Waals surface area contributed by atoms with Gasteiger partial charge in [-0.3, -0.25) is 9.48 Å². The molecule has 0 atom stereocenters. The van der Waals surface area contributed by atoms with E-state index in [1.165, 1.54) is 0 Å². The molecular formula is C10H11BrN4O. The molecular weight excluding hydrogens is 272 g/mol. The molecule has 2 N–H and O–H groups in total. The van der Waals surface area contributed by atoms with Crippen molar-refractivity contribution >= 4 is 21.6 Å². The zero-order valence-corrected chi connectivity index (χ0v) is 10.1. The number of aromatic nitrogens is 3. The summed E-state index contributed by atoms with van der Waals surface area (Å²) in [5.74, 6) is 0. The van der Waals surface area contributed by atoms with E-state index in [0.29, 0.717) is 23.2 Å². The summed E-state index contributed by atoms with van der Waals surface area (Å²) in [7, 11) is 0. The second-order valence-electron chi connectivity index (χ2n) is 3.39. The van der Waals surface area contributed by atoms with Crippen LogP contribution in [0.3, 0.4) is 0 Å². The van der Waals surface area contributed by atoms with Crippen molar-refractivity contribution in [3.05, 3.63) is 45.5 Å². The number of nitrogens with two attached hydrogens (primary N) is 1. The maximum atomic E-state index is 11.7. The van der Waals surface area contributed by atoms with Crippen LogP contribution in [0.15, 0.2) is 40.0 Å². The number of rotatable bonds is 3. The summed E-state index contributed by atoms with van der Waals surface area (Å²) in [4.78, 5) is 11.7. The van der Waals surface area contributed by atoms with E-state index in [9.17, 15) is 4.79 Å². The maximum Gasteiger partial charge on any atom is 0.264 e. The molecule has 6 heteroatoms. The van der Waals surface area contributed by atoms with Gasteiger partial charge in [0.15, 0.2) is 0 Å². The summed E-state index contributed by atoms with van der Waals surface area (Å²) < 4.78 is 3.90. The van der Waals surface area contributed by atoms with Gasteiger partial charge in [-0.15, -0.1) is 0 Å². The van der Waals surface area contributed by atoms with Gasteiger partial charge in [0.2, 0.25) is 0 Å². The molecule has 84 valence electrons. The minimum Gasteiger partial charge on any atom is -0.396 e. The number of hydrogen-bond donors (Lipinski definition) is 1. The first-order chi connectivity index (χ1) is 7.66. The van der Waals surface area contributed by atoms with Gasteiger partial charge in [-0.2, -0.15) is 5.10 Å². The minimum atomic E-state index is -0.0392. The Labute approximate surface area is 101 Å². The first-order valence-electron chi connectivity index (χ1n) is 4.80. The van der Waals surface area contributed by atoms with Gasteiger partial charge in [-0.25, -0.2) is 0 Å². The number of nitrogen functional groups attached to an aromatic ring is 1. The van der Waals surface area contributed by atoms with Gasteiger partial charge in [-0.1, -0.05) is 0 Å². The van der Waals surface area contributed by atoms with Crippen LogP contribution in [0.5, 0.6) is 0 Å². The van der Waals surface area contributed by atoms with Crippen molar-refractivity contribution < 1.29 is 0 Å². The van der Waals surface area contributed by atoms with Crippen molar-refractivity contribution in [2.75, 3.05) is 5.73 Å². The number of pyridine rings is 1. The highest BCUT2D eigenvalue weighted by Crippen LogP contribution is 2.01. The van der Waals surface area contributed by atoms with Crippen molar-refractivity contribution in [1.82, 2.24) is 14.3 Å². The van der Waals surface area contributed by atoms with E-state index in [4.69, 9.17) is 5.73 Å². The molecule has 0 saturated heterocycles. The predicted octanol–water partition coefficient (Wildman–Crippen LogP) is 1.09. The van der Waals surface area contributed by atoms with Crippen LogP contribution >= 0.6 is 15.9 Å². The molecule has 0 radical (unpaired) electrons. The Morgan fingerprint density at radius 2 is 2.25 bits per heavy atom. The van der Waals surface area contributed by atoms with E-state index in [1.807, 2.05) is 6.07 Å². The lowest BCUT2D eigenvalue weighted by molar-refractivity contribution is 0.523. The SMILES string of the molecule is Nc1cnn(CCn2cccc(Br)c2=O)c1. The predicted molar refractivity (Wildman–Crippen MR) is 65.0 cm³/mol. The van der Waals surface area contributed by atoms with Gasteiger partial charge in [-0.05, 0) is 28.1 Å². The standard InChI is InChI=1S/C10H11BrN4O/c11-9-2-1-3-14(10(9)16)4-5-15-7-8(12)6-13-15/h1-3,6-7H,4-5,12H2. The van der Waals surface area contributed by atoms with Crippen molar-refractivity contribution in [3.63, 3.8) is 0 Å². The van der Waals surface area contributed by atoms with Crippen LogP contribution in [0.4, 0.5) is 5.69 Å². The van der Waals surface area contributed by atoms with Crippen LogP contribution in [-0.4, -0.2) is 14.3 Å². The normalized spacial score (nSPS) is 10.6. The first kappa shape index (κ1) is 10.9. The zero-order chi connectivity index (χ0) is 11.5. The largest absolute Gasteiger partial charge is 0.396 e. The third kappa shape index (κ3) is 2.33. The summed E-state index contributed by atoms with van der Waals surface area (Å²) >= 11 is 3.20. The Morgan fingerprint density at radius 1 is 1.44 bits per heavy atom. The third-order valence-electron chi connectivity index (χ3n) is 2.20. The molecule has 0 fully saturated rings. The Kier molecular flexibility index (Phi) is 3.09. The molecule has 16 heavy (non-hydrogen) atoms. The minimum absolute atomic E-state index is 0.0392. The molecule has 0 aliphatic rings. The zero-order valence-electron chi connectivity index (χ0n) is 8.51. The van der Waals surface area contributed by atoms with Crippen LogP contribution in [0.2, 0.25) is 0 Å². The Bertz CT molecular complexity index is 546. The summed E-state index contributed by atoms with van der Waals surface area (Å²) in [6.07, 6.45) is 5.08. The summed E-state index contributed by atoms with van der Waals surface area (Å²) in [6.45, 7) is 1.19. The van der Waals surface area contributed by atoms with E-state index < -0.39 is 0 Å². The maximum absolute atomic E-state index is 11.7. The van der Waals surface area contributed by atoms with Crippen LogP contribution in [-0.2, 0) is 13.1 Å². The van der Waals surface area contributed by atoms with Crippen LogP contribution in [0.1, 0.15) is 0 Å². The quantitative estimate of drug-likeness (QED) is 0.917. The van der Waals surface area contributed by atoms with Gasteiger partial charge in [0.05, 0.1) is 22.9 Å². The van der Waals surface area contributed by atoms with Crippen LogP contribution < -0.4 is 11.3 Å². The molecule has 0 aliphatic heterocycles. The lowest BCUT2D eigenvalue weighted by Gasteiger charge is -2.05. The number of aryl methyl sites for hydroxylation is 2. The van der Waals surface area contributed by atoms with Crippen LogP contribution in [0, 0.1) is 0 Å². The molecule has 5 nitrogen and oxygen atoms in total. The Hall–Kier alpha value is -1.56. The van der Waals surface area contributed by atoms with E-state index >= 15 is 0 Å². The van der Waals surface area contributed by atoms with Crippen LogP contribution in [0.25, 0.3) is 0 Å². The van der Waals surface area contributed by atoms with Gasteiger partial charge < -0.3 is 10.3 Å². The van der Waals surface area contributed by atoms with E-state index in [0.717, 1.165) is 0 Å². The van der Waals surface area contributed by atoms with Gasteiger partial charge in [0.25, 0.3) is 5.56 Å². The monoisotopic (exact) mass is 282 g/mol. The molecule has 0 spiro atoms. The number of nitrogens with zero attached hydrogens (tertiary/aromatic N) is 3. The average Bonchev–Trinajstić information content (AvgIpc) is 2.67. The van der Waals surface area contributed by atoms with Crippen molar-refractivity contribution in [1.29, 1.82) is 0 Å². The Morgan fingerprint density at radius 3 is 2.94 bits per heavy atom. The smallest absolute Gasteiger partial charge is 0.264 e. The molecule has 0 unspecified atom stereocenters. The molecule has 0 aromatic carbocycles. The van der Waals surface area contributed by atoms with Crippen molar-refractivity contribution in [2.24, 2.45) is 0 Å². The second-order valence-corrected chi connectivity index (χ2v) is 4.25. The highest BCUT2D eigenvalue weighted by Gasteiger charge is 2.00. The molecule has 0 aliphatic carbocycles. The first-order valence-corrected chi connectivity index (χ1v) is 5.59. The number of hydrogen-bond acceptors (Lipinski definition) is 3. The lowest BCUT2D eigenvalue weighted by Crippen LogP contribution is -2.22. The fourth-order valence-electron chi connectivity index (χ4n) is 1.40. The summed E-state index contributed by atoms with van der Waals surface area (Å²) in [5.41, 5.74) is 6.13. The van der Waals surface area contributed by atoms with E-state index in [-0.39, 0.29) is 5.56 Å². The highest BCUT2D eigenvalue weighted by atomic mass is 79.9. The van der Waals surface area contributed by atoms with Gasteiger partial charge >= 0.3 is 0 Å². The van der Waals surface area contributed by atoms with Gasteiger partial charge in [0, 0.05) is 18.9 Å². The molecule has 0 amide bonds. The fourth-order valence-corrected chi connectivity index (χ4v) is 1.78. The van der Waals surface area contributed by atoms with E-state index in [1.54, 1.807) is 33.9 Å². The molecule has 2 aromatic heterocycles. The summed E-state index contributed by atoms with van der Waals surface area (Å²) in [6, 6.07) is 3.55. The third-order valence-corrected chi connectivity index (χ3v) is 2.80. The summed E-state index contributed by atoms with van der Waals surface area (Å²) in [5, 5.41) is 4.05. The fraction of sp³-hybridized carbons (Fsp3) is 0.200. The number of halogens is 1. The molecule has 0 saturated carbocycles. The highest BCUT2D eigenvalue weighted by molar-refractivity contribution is 9.10. The topological polar surface area (TPSA) is 65.8 Å². The second kappa shape index (κ2) is 4.52.